The number of rotatable bonds is 10. The molecule has 1 saturated heterocycles. The highest BCUT2D eigenvalue weighted by Gasteiger charge is 2.52. The average molecular weight is 647 g/mol. The molecule has 0 saturated carbocycles. The molecule has 1 aliphatic heterocycles. The van der Waals surface area contributed by atoms with Crippen LogP contribution in [0.3, 0.4) is 0 Å². The lowest BCUT2D eigenvalue weighted by Gasteiger charge is -2.36. The summed E-state index contributed by atoms with van der Waals surface area (Å²) in [7, 11) is -7.67. The van der Waals surface area contributed by atoms with Crippen molar-refractivity contribution in [1.29, 1.82) is 0 Å². The minimum absolute atomic E-state index is 0.0420. The summed E-state index contributed by atoms with van der Waals surface area (Å²) in [6, 6.07) is 10.2. The Morgan fingerprint density at radius 1 is 1.05 bits per heavy atom. The van der Waals surface area contributed by atoms with Crippen LogP contribution in [-0.4, -0.2) is 69.3 Å². The third-order valence-electron chi connectivity index (χ3n) is 6.99. The molecule has 2 aromatic heterocycles. The Kier molecular flexibility index (Phi) is 9.28. The van der Waals surface area contributed by atoms with Gasteiger partial charge < -0.3 is 10.0 Å². The van der Waals surface area contributed by atoms with E-state index in [0.29, 0.717) is 12.6 Å². The SMILES string of the molecule is CC(C)CS(=O)(=O)N(Cc1cc(N2CCN(S(=O)(=O)c3cccs3)CC2)ccc1C(C)(O)C(F)(F)F)c1cccnc1. The van der Waals surface area contributed by atoms with Crippen LogP contribution in [0.25, 0.3) is 0 Å². The first kappa shape index (κ1) is 32.2. The van der Waals surface area contributed by atoms with Crippen molar-refractivity contribution in [2.24, 2.45) is 5.92 Å². The zero-order valence-corrected chi connectivity index (χ0v) is 25.8. The van der Waals surface area contributed by atoms with E-state index in [1.807, 2.05) is 4.90 Å². The van der Waals surface area contributed by atoms with Gasteiger partial charge in [0.05, 0.1) is 24.2 Å². The molecule has 230 valence electrons. The van der Waals surface area contributed by atoms with Gasteiger partial charge in [0.25, 0.3) is 10.0 Å². The largest absolute Gasteiger partial charge is 0.421 e. The fraction of sp³-hybridized carbons (Fsp3) is 0.444. The molecule has 1 atom stereocenters. The van der Waals surface area contributed by atoms with E-state index in [1.165, 1.54) is 47.0 Å². The van der Waals surface area contributed by atoms with Crippen LogP contribution in [0, 0.1) is 5.92 Å². The van der Waals surface area contributed by atoms with Crippen molar-refractivity contribution < 1.29 is 35.1 Å². The van der Waals surface area contributed by atoms with Crippen molar-refractivity contribution in [3.8, 4) is 0 Å². The molecule has 1 aliphatic rings. The molecule has 9 nitrogen and oxygen atoms in total. The standard InChI is InChI=1S/C27H33F3N4O5S3/c1-20(2)19-41(36,37)34(23-6-4-10-31-17-23)18-21-16-22(8-9-24(21)26(3,35)27(28,29)30)32-11-13-33(14-12-32)42(38,39)25-7-5-15-40-25/h4-10,15-17,20,35H,11-14,18-19H2,1-3H3. The number of thiophene rings is 1. The highest BCUT2D eigenvalue weighted by atomic mass is 32.2. The summed E-state index contributed by atoms with van der Waals surface area (Å²) in [5.41, 5.74) is -3.14. The van der Waals surface area contributed by atoms with Crippen LogP contribution >= 0.6 is 11.3 Å². The van der Waals surface area contributed by atoms with Gasteiger partial charge in [-0.3, -0.25) is 9.29 Å². The lowest BCUT2D eigenvalue weighted by molar-refractivity contribution is -0.259. The number of sulfonamides is 2. The van der Waals surface area contributed by atoms with E-state index in [4.69, 9.17) is 0 Å². The molecule has 3 aromatic rings. The number of aromatic nitrogens is 1. The third-order valence-corrected chi connectivity index (χ3v) is 12.4. The molecule has 0 aliphatic carbocycles. The molecule has 4 rings (SSSR count). The third kappa shape index (κ3) is 6.75. The minimum Gasteiger partial charge on any atom is -0.376 e. The molecule has 15 heteroatoms. The first-order chi connectivity index (χ1) is 19.5. The van der Waals surface area contributed by atoms with Gasteiger partial charge in [-0.15, -0.1) is 11.3 Å². The number of hydrogen-bond acceptors (Lipinski definition) is 8. The average Bonchev–Trinajstić information content (AvgIpc) is 3.47. The molecule has 0 amide bonds. The Morgan fingerprint density at radius 2 is 1.74 bits per heavy atom. The maximum atomic E-state index is 14.0. The van der Waals surface area contributed by atoms with E-state index in [-0.39, 0.29) is 53.3 Å². The van der Waals surface area contributed by atoms with Gasteiger partial charge in [-0.25, -0.2) is 16.8 Å². The molecule has 1 fully saturated rings. The quantitative estimate of drug-likeness (QED) is 0.347. The van der Waals surface area contributed by atoms with Crippen LogP contribution in [0.1, 0.15) is 31.9 Å². The number of alkyl halides is 3. The van der Waals surface area contributed by atoms with Gasteiger partial charge in [-0.1, -0.05) is 26.0 Å². The smallest absolute Gasteiger partial charge is 0.376 e. The van der Waals surface area contributed by atoms with Crippen LogP contribution < -0.4 is 9.21 Å². The molecular weight excluding hydrogens is 614 g/mol. The molecule has 0 bridgehead atoms. The number of piperazine rings is 1. The van der Waals surface area contributed by atoms with E-state index in [9.17, 15) is 35.1 Å². The van der Waals surface area contributed by atoms with Crippen LogP contribution in [0.2, 0.25) is 0 Å². The Labute approximate surface area is 248 Å². The summed E-state index contributed by atoms with van der Waals surface area (Å²) in [5, 5.41) is 12.3. The number of anilines is 2. The lowest BCUT2D eigenvalue weighted by atomic mass is 9.90. The number of benzene rings is 1. The van der Waals surface area contributed by atoms with Crippen LogP contribution in [0.15, 0.2) is 64.4 Å². The van der Waals surface area contributed by atoms with Gasteiger partial charge in [0.15, 0.2) is 5.60 Å². The fourth-order valence-corrected chi connectivity index (χ4v) is 9.13. The van der Waals surface area contributed by atoms with Gasteiger partial charge in [0.2, 0.25) is 10.0 Å². The van der Waals surface area contributed by atoms with E-state index >= 15 is 0 Å². The second-order valence-corrected chi connectivity index (χ2v) is 15.7. The molecule has 1 aromatic carbocycles. The first-order valence-electron chi connectivity index (χ1n) is 13.2. The van der Waals surface area contributed by atoms with Crippen molar-refractivity contribution in [2.75, 3.05) is 41.1 Å². The zero-order valence-electron chi connectivity index (χ0n) is 23.3. The predicted molar refractivity (Wildman–Crippen MR) is 156 cm³/mol. The van der Waals surface area contributed by atoms with Gasteiger partial charge >= 0.3 is 6.18 Å². The Morgan fingerprint density at radius 3 is 2.29 bits per heavy atom. The monoisotopic (exact) mass is 646 g/mol. The number of hydrogen-bond donors (Lipinski definition) is 1. The van der Waals surface area contributed by atoms with Gasteiger partial charge in [0.1, 0.15) is 4.21 Å². The lowest BCUT2D eigenvalue weighted by Crippen LogP contribution is -2.48. The maximum absolute atomic E-state index is 14.0. The maximum Gasteiger partial charge on any atom is 0.421 e. The van der Waals surface area contributed by atoms with Crippen molar-refractivity contribution in [2.45, 2.75) is 43.3 Å². The summed E-state index contributed by atoms with van der Waals surface area (Å²) < 4.78 is 97.5. The van der Waals surface area contributed by atoms with Crippen molar-refractivity contribution in [1.82, 2.24) is 9.29 Å². The van der Waals surface area contributed by atoms with Crippen LogP contribution in [-0.2, 0) is 32.2 Å². The van der Waals surface area contributed by atoms with E-state index < -0.39 is 43.9 Å². The van der Waals surface area contributed by atoms with Gasteiger partial charge in [-0.05, 0) is 59.7 Å². The highest BCUT2D eigenvalue weighted by molar-refractivity contribution is 7.92. The van der Waals surface area contributed by atoms with Crippen molar-refractivity contribution in [3.63, 3.8) is 0 Å². The van der Waals surface area contributed by atoms with Crippen molar-refractivity contribution in [3.05, 3.63) is 71.4 Å². The highest BCUT2D eigenvalue weighted by Crippen LogP contribution is 2.42. The number of nitrogens with zero attached hydrogens (tertiary/aromatic N) is 4. The van der Waals surface area contributed by atoms with Gasteiger partial charge in [0, 0.05) is 38.1 Å². The number of pyridine rings is 1. The van der Waals surface area contributed by atoms with Crippen LogP contribution in [0.4, 0.5) is 24.5 Å². The summed E-state index contributed by atoms with van der Waals surface area (Å²) >= 11 is 1.12. The number of halogens is 3. The normalized spacial score (nSPS) is 16.9. The molecule has 1 unspecified atom stereocenters. The van der Waals surface area contributed by atoms with Gasteiger partial charge in [-0.2, -0.15) is 17.5 Å². The van der Waals surface area contributed by atoms with E-state index in [0.717, 1.165) is 21.7 Å². The summed E-state index contributed by atoms with van der Waals surface area (Å²) in [6.07, 6.45) is -2.27. The molecule has 0 spiro atoms. The molecule has 3 heterocycles. The second kappa shape index (κ2) is 12.1. The van der Waals surface area contributed by atoms with E-state index in [1.54, 1.807) is 25.3 Å². The molecule has 1 N–H and O–H groups in total. The summed E-state index contributed by atoms with van der Waals surface area (Å²) in [4.78, 5) is 5.82. The Bertz CT molecular complexity index is 1570. The Hall–Kier alpha value is -2.72. The topological polar surface area (TPSA) is 111 Å². The zero-order chi connectivity index (χ0) is 30.9. The number of aliphatic hydroxyl groups is 1. The summed E-state index contributed by atoms with van der Waals surface area (Å²) in [6.45, 7) is 4.42. The summed E-state index contributed by atoms with van der Waals surface area (Å²) in [5.74, 6) is -0.521. The fourth-order valence-electron chi connectivity index (χ4n) is 4.78. The predicted octanol–water partition coefficient (Wildman–Crippen LogP) is 4.42. The molecule has 42 heavy (non-hydrogen) atoms. The Balaban J connectivity index is 1.72. The minimum atomic E-state index is -5.04. The second-order valence-electron chi connectivity index (χ2n) is 10.6. The van der Waals surface area contributed by atoms with Crippen LogP contribution in [0.5, 0.6) is 0 Å². The molecule has 0 radical (unpaired) electrons. The molecular formula is C27H33F3N4O5S3. The van der Waals surface area contributed by atoms with Crippen molar-refractivity contribution >= 4 is 42.8 Å². The van der Waals surface area contributed by atoms with E-state index in [2.05, 4.69) is 4.98 Å². The first-order valence-corrected chi connectivity index (χ1v) is 17.1.